The van der Waals surface area contributed by atoms with Crippen LogP contribution >= 0.6 is 0 Å². The molecule has 0 aromatic rings. The SMILES string of the molecule is CCCCOC(C)CC(=O)N[C@H](C(=O)NCC=O)C(C)(C)CC(C)(C)N. The smallest absolute Gasteiger partial charge is 0.243 e. The zero-order valence-corrected chi connectivity index (χ0v) is 17.2. The van der Waals surface area contributed by atoms with Crippen molar-refractivity contribution < 1.29 is 19.1 Å². The van der Waals surface area contributed by atoms with Crippen molar-refractivity contribution in [2.75, 3.05) is 13.2 Å². The predicted molar refractivity (Wildman–Crippen MR) is 103 cm³/mol. The number of nitrogens with one attached hydrogen (secondary N) is 2. The largest absolute Gasteiger partial charge is 0.378 e. The first-order valence-corrected chi connectivity index (χ1v) is 9.34. The summed E-state index contributed by atoms with van der Waals surface area (Å²) in [7, 11) is 0. The molecule has 0 aromatic heterocycles. The Morgan fingerprint density at radius 3 is 2.35 bits per heavy atom. The van der Waals surface area contributed by atoms with Crippen molar-refractivity contribution in [1.82, 2.24) is 10.6 Å². The molecule has 0 aliphatic heterocycles. The molecule has 7 nitrogen and oxygen atoms in total. The van der Waals surface area contributed by atoms with Crippen LogP contribution in [-0.2, 0) is 19.1 Å². The fraction of sp³-hybridized carbons (Fsp3) is 0.842. The highest BCUT2D eigenvalue weighted by molar-refractivity contribution is 5.89. The van der Waals surface area contributed by atoms with Gasteiger partial charge in [-0.25, -0.2) is 0 Å². The van der Waals surface area contributed by atoms with E-state index in [0.29, 0.717) is 19.3 Å². The molecular weight excluding hydrogens is 334 g/mol. The van der Waals surface area contributed by atoms with Crippen molar-refractivity contribution in [3.8, 4) is 0 Å². The second-order valence-electron chi connectivity index (χ2n) is 8.31. The summed E-state index contributed by atoms with van der Waals surface area (Å²) in [5, 5.41) is 5.34. The van der Waals surface area contributed by atoms with E-state index in [2.05, 4.69) is 17.6 Å². The Labute approximate surface area is 157 Å². The average molecular weight is 372 g/mol. The van der Waals surface area contributed by atoms with E-state index in [9.17, 15) is 14.4 Å². The number of unbranched alkanes of at least 4 members (excludes halogenated alkanes) is 1. The van der Waals surface area contributed by atoms with Gasteiger partial charge in [-0.15, -0.1) is 0 Å². The topological polar surface area (TPSA) is 111 Å². The zero-order chi connectivity index (χ0) is 20.4. The fourth-order valence-corrected chi connectivity index (χ4v) is 3.11. The van der Waals surface area contributed by atoms with Crippen LogP contribution in [0.4, 0.5) is 0 Å². The van der Waals surface area contributed by atoms with Gasteiger partial charge in [-0.05, 0) is 39.0 Å². The summed E-state index contributed by atoms with van der Waals surface area (Å²) in [6.45, 7) is 11.9. The van der Waals surface area contributed by atoms with Gasteiger partial charge in [-0.3, -0.25) is 9.59 Å². The minimum absolute atomic E-state index is 0.0934. The summed E-state index contributed by atoms with van der Waals surface area (Å²) >= 11 is 0. The van der Waals surface area contributed by atoms with Crippen LogP contribution < -0.4 is 16.4 Å². The van der Waals surface area contributed by atoms with Gasteiger partial charge in [0.05, 0.1) is 19.1 Å². The monoisotopic (exact) mass is 371 g/mol. The lowest BCUT2D eigenvalue weighted by Crippen LogP contribution is -2.57. The molecule has 2 amide bonds. The summed E-state index contributed by atoms with van der Waals surface area (Å²) in [5.41, 5.74) is 5.02. The van der Waals surface area contributed by atoms with E-state index in [4.69, 9.17) is 10.5 Å². The molecule has 1 unspecified atom stereocenters. The molecule has 0 heterocycles. The molecule has 0 fully saturated rings. The van der Waals surface area contributed by atoms with Crippen LogP contribution in [0.15, 0.2) is 0 Å². The van der Waals surface area contributed by atoms with Gasteiger partial charge in [0.15, 0.2) is 0 Å². The van der Waals surface area contributed by atoms with E-state index in [0.717, 1.165) is 12.8 Å². The summed E-state index contributed by atoms with van der Waals surface area (Å²) in [4.78, 5) is 35.5. The van der Waals surface area contributed by atoms with Crippen molar-refractivity contribution in [1.29, 1.82) is 0 Å². The Hall–Kier alpha value is -1.47. The van der Waals surface area contributed by atoms with Crippen molar-refractivity contribution in [2.24, 2.45) is 11.1 Å². The van der Waals surface area contributed by atoms with Gasteiger partial charge in [0, 0.05) is 12.1 Å². The minimum Gasteiger partial charge on any atom is -0.378 e. The average Bonchev–Trinajstić information content (AvgIpc) is 2.48. The van der Waals surface area contributed by atoms with Crippen LogP contribution in [0.2, 0.25) is 0 Å². The second kappa shape index (κ2) is 11.3. The van der Waals surface area contributed by atoms with E-state index in [1.165, 1.54) is 0 Å². The number of carbonyl (C=O) groups is 3. The van der Waals surface area contributed by atoms with Crippen molar-refractivity contribution >= 4 is 18.1 Å². The third kappa shape index (κ3) is 10.5. The van der Waals surface area contributed by atoms with Crippen LogP contribution in [-0.4, -0.2) is 48.9 Å². The Bertz CT molecular complexity index is 458. The molecule has 0 saturated heterocycles. The molecular formula is C19H37N3O4. The number of nitrogens with two attached hydrogens (primary N) is 1. The third-order valence-corrected chi connectivity index (χ3v) is 3.99. The number of hydrogen-bond acceptors (Lipinski definition) is 5. The first-order valence-electron chi connectivity index (χ1n) is 9.34. The predicted octanol–water partition coefficient (Wildman–Crippen LogP) is 1.54. The molecule has 26 heavy (non-hydrogen) atoms. The van der Waals surface area contributed by atoms with E-state index < -0.39 is 17.0 Å². The summed E-state index contributed by atoms with van der Waals surface area (Å²) in [6.07, 6.45) is 3.04. The second-order valence-corrected chi connectivity index (χ2v) is 8.31. The molecule has 0 aliphatic carbocycles. The van der Waals surface area contributed by atoms with Crippen LogP contribution in [0, 0.1) is 5.41 Å². The summed E-state index contributed by atoms with van der Waals surface area (Å²) in [5.74, 6) is -0.651. The standard InChI is InChI=1S/C19H37N3O4/c1-7-8-11-26-14(2)12-15(24)22-16(17(25)21-9-10-23)18(3,4)13-19(5,6)20/h10,14,16H,7-9,11-13,20H2,1-6H3,(H,21,25)(H,22,24)/t14?,16-/m1/s1. The highest BCUT2D eigenvalue weighted by Gasteiger charge is 2.39. The Balaban J connectivity index is 5.02. The molecule has 2 atom stereocenters. The first kappa shape index (κ1) is 24.5. The summed E-state index contributed by atoms with van der Waals surface area (Å²) < 4.78 is 5.60. The first-order chi connectivity index (χ1) is 11.9. The lowest BCUT2D eigenvalue weighted by Gasteiger charge is -2.38. The van der Waals surface area contributed by atoms with Gasteiger partial charge < -0.3 is 25.9 Å². The lowest BCUT2D eigenvalue weighted by atomic mass is 9.74. The Kier molecular flexibility index (Phi) is 10.6. The van der Waals surface area contributed by atoms with Gasteiger partial charge in [0.25, 0.3) is 0 Å². The van der Waals surface area contributed by atoms with Crippen LogP contribution in [0.3, 0.4) is 0 Å². The fourth-order valence-electron chi connectivity index (χ4n) is 3.11. The molecule has 0 aromatic carbocycles. The van der Waals surface area contributed by atoms with E-state index in [1.807, 2.05) is 34.6 Å². The van der Waals surface area contributed by atoms with Crippen LogP contribution in [0.1, 0.15) is 67.2 Å². The lowest BCUT2D eigenvalue weighted by molar-refractivity contribution is -0.133. The molecule has 0 bridgehead atoms. The molecule has 0 aliphatic rings. The van der Waals surface area contributed by atoms with Gasteiger partial charge in [-0.1, -0.05) is 27.2 Å². The Morgan fingerprint density at radius 1 is 1.23 bits per heavy atom. The van der Waals surface area contributed by atoms with Crippen LogP contribution in [0.25, 0.3) is 0 Å². The Morgan fingerprint density at radius 2 is 1.85 bits per heavy atom. The van der Waals surface area contributed by atoms with Crippen molar-refractivity contribution in [2.45, 2.75) is 84.9 Å². The van der Waals surface area contributed by atoms with Gasteiger partial charge in [-0.2, -0.15) is 0 Å². The maximum atomic E-state index is 12.5. The van der Waals surface area contributed by atoms with E-state index in [-0.39, 0.29) is 30.9 Å². The maximum absolute atomic E-state index is 12.5. The highest BCUT2D eigenvalue weighted by Crippen LogP contribution is 2.30. The number of amides is 2. The minimum atomic E-state index is -0.791. The van der Waals surface area contributed by atoms with Crippen molar-refractivity contribution in [3.63, 3.8) is 0 Å². The number of carbonyl (C=O) groups excluding carboxylic acids is 3. The van der Waals surface area contributed by atoms with Gasteiger partial charge in [0.2, 0.25) is 11.8 Å². The van der Waals surface area contributed by atoms with Crippen molar-refractivity contribution in [3.05, 3.63) is 0 Å². The maximum Gasteiger partial charge on any atom is 0.243 e. The number of hydrogen-bond donors (Lipinski definition) is 3. The molecule has 152 valence electrons. The highest BCUT2D eigenvalue weighted by atomic mass is 16.5. The van der Waals surface area contributed by atoms with Gasteiger partial charge >= 0.3 is 0 Å². The normalized spacial score (nSPS) is 14.4. The van der Waals surface area contributed by atoms with E-state index in [1.54, 1.807) is 0 Å². The molecule has 0 spiro atoms. The molecule has 7 heteroatoms. The number of ether oxygens (including phenoxy) is 1. The molecule has 4 N–H and O–H groups in total. The molecule has 0 radical (unpaired) electrons. The zero-order valence-electron chi connectivity index (χ0n) is 17.2. The third-order valence-electron chi connectivity index (χ3n) is 3.99. The van der Waals surface area contributed by atoms with Gasteiger partial charge in [0.1, 0.15) is 12.3 Å². The van der Waals surface area contributed by atoms with Crippen LogP contribution in [0.5, 0.6) is 0 Å². The quantitative estimate of drug-likeness (QED) is 0.336. The molecule has 0 saturated carbocycles. The summed E-state index contributed by atoms with van der Waals surface area (Å²) in [6, 6.07) is -0.791. The van der Waals surface area contributed by atoms with E-state index >= 15 is 0 Å². The number of rotatable bonds is 13. The molecule has 0 rings (SSSR count). The number of aldehydes is 1.